The molecular weight excluding hydrogens is 212 g/mol. The van der Waals surface area contributed by atoms with E-state index in [0.717, 1.165) is 0 Å². The zero-order chi connectivity index (χ0) is 10.8. The third-order valence-electron chi connectivity index (χ3n) is 1.94. The lowest BCUT2D eigenvalue weighted by molar-refractivity contribution is 0.883. The predicted molar refractivity (Wildman–Crippen MR) is 57.7 cm³/mol. The van der Waals surface area contributed by atoms with Crippen LogP contribution in [0, 0.1) is 11.3 Å². The Morgan fingerprint density at radius 2 is 2.20 bits per heavy atom. The Balaban J connectivity index is 2.58. The predicted octanol–water partition coefficient (Wildman–Crippen LogP) is 1.98. The molecule has 2 aromatic rings. The first-order chi connectivity index (χ1) is 7.20. The average molecular weight is 219 g/mol. The summed E-state index contributed by atoms with van der Waals surface area (Å²) in [4.78, 5) is 0. The minimum absolute atomic E-state index is 0.411. The van der Waals surface area contributed by atoms with Crippen molar-refractivity contribution in [2.75, 3.05) is 5.73 Å². The molecule has 1 heterocycles. The molecule has 0 radical (unpaired) electrons. The molecule has 2 N–H and O–H groups in total. The van der Waals surface area contributed by atoms with E-state index in [4.69, 9.17) is 22.6 Å². The summed E-state index contributed by atoms with van der Waals surface area (Å²) in [7, 11) is 0. The number of nitrogens with zero attached hydrogens (tertiary/aromatic N) is 3. The Kier molecular flexibility index (Phi) is 2.32. The Morgan fingerprint density at radius 1 is 1.40 bits per heavy atom. The van der Waals surface area contributed by atoms with Crippen molar-refractivity contribution in [1.29, 1.82) is 5.26 Å². The number of hydrogen-bond donors (Lipinski definition) is 1. The topological polar surface area (TPSA) is 67.6 Å². The summed E-state index contributed by atoms with van der Waals surface area (Å²) in [6, 6.07) is 8.75. The highest BCUT2D eigenvalue weighted by molar-refractivity contribution is 6.30. The van der Waals surface area contributed by atoms with Gasteiger partial charge in [0.05, 0.1) is 11.3 Å². The second kappa shape index (κ2) is 3.64. The van der Waals surface area contributed by atoms with Gasteiger partial charge in [-0.2, -0.15) is 10.4 Å². The van der Waals surface area contributed by atoms with Crippen LogP contribution in [0.1, 0.15) is 5.56 Å². The second-order valence-electron chi connectivity index (χ2n) is 2.96. The number of aromatic nitrogens is 2. The monoisotopic (exact) mass is 218 g/mol. The van der Waals surface area contributed by atoms with Gasteiger partial charge >= 0.3 is 0 Å². The maximum absolute atomic E-state index is 8.93. The summed E-state index contributed by atoms with van der Waals surface area (Å²) >= 11 is 5.78. The first kappa shape index (κ1) is 9.56. The van der Waals surface area contributed by atoms with Gasteiger partial charge in [0.2, 0.25) is 0 Å². The summed E-state index contributed by atoms with van der Waals surface area (Å²) in [5.74, 6) is 0.411. The Labute approximate surface area is 91.5 Å². The number of anilines is 1. The van der Waals surface area contributed by atoms with Gasteiger partial charge in [-0.05, 0) is 18.2 Å². The van der Waals surface area contributed by atoms with Crippen molar-refractivity contribution in [1.82, 2.24) is 9.78 Å². The normalized spacial score (nSPS) is 9.87. The van der Waals surface area contributed by atoms with Gasteiger partial charge in [0.1, 0.15) is 11.9 Å². The van der Waals surface area contributed by atoms with Gasteiger partial charge in [0.15, 0.2) is 0 Å². The average Bonchev–Trinajstić information content (AvgIpc) is 2.64. The summed E-state index contributed by atoms with van der Waals surface area (Å²) in [6.07, 6.45) is 1.69. The number of nitrogen functional groups attached to an aromatic ring is 1. The molecule has 1 aromatic heterocycles. The SMILES string of the molecule is N#Cc1cc(Cl)ccc1-n1ccc(N)n1. The van der Waals surface area contributed by atoms with Crippen LogP contribution in [0.25, 0.3) is 5.69 Å². The van der Waals surface area contributed by atoms with Crippen molar-refractivity contribution in [2.45, 2.75) is 0 Å². The first-order valence-electron chi connectivity index (χ1n) is 4.22. The lowest BCUT2D eigenvalue weighted by atomic mass is 10.2. The quantitative estimate of drug-likeness (QED) is 0.796. The Hall–Kier alpha value is -1.99. The largest absolute Gasteiger partial charge is 0.382 e. The van der Waals surface area contributed by atoms with Crippen LogP contribution in [0.15, 0.2) is 30.5 Å². The fourth-order valence-corrected chi connectivity index (χ4v) is 1.44. The molecule has 5 heteroatoms. The highest BCUT2D eigenvalue weighted by Gasteiger charge is 2.05. The van der Waals surface area contributed by atoms with Gasteiger partial charge in [-0.1, -0.05) is 11.6 Å². The van der Waals surface area contributed by atoms with Crippen LogP contribution in [-0.4, -0.2) is 9.78 Å². The number of halogens is 1. The molecule has 0 atom stereocenters. The number of nitrogens with two attached hydrogens (primary N) is 1. The molecule has 0 bridgehead atoms. The fourth-order valence-electron chi connectivity index (χ4n) is 1.27. The van der Waals surface area contributed by atoms with Gasteiger partial charge in [-0.3, -0.25) is 0 Å². The van der Waals surface area contributed by atoms with E-state index in [-0.39, 0.29) is 0 Å². The van der Waals surface area contributed by atoms with Crippen molar-refractivity contribution < 1.29 is 0 Å². The summed E-state index contributed by atoms with van der Waals surface area (Å²) in [5.41, 5.74) is 6.63. The maximum Gasteiger partial charge on any atom is 0.145 e. The van der Waals surface area contributed by atoms with Crippen molar-refractivity contribution in [3.8, 4) is 11.8 Å². The van der Waals surface area contributed by atoms with Gasteiger partial charge in [0, 0.05) is 17.3 Å². The molecule has 0 unspecified atom stereocenters. The molecule has 4 nitrogen and oxygen atoms in total. The molecule has 74 valence electrons. The summed E-state index contributed by atoms with van der Waals surface area (Å²) < 4.78 is 1.55. The van der Waals surface area contributed by atoms with E-state index in [9.17, 15) is 0 Å². The minimum Gasteiger partial charge on any atom is -0.382 e. The molecule has 2 rings (SSSR count). The Morgan fingerprint density at radius 3 is 2.80 bits per heavy atom. The molecule has 0 aliphatic heterocycles. The van der Waals surface area contributed by atoms with E-state index in [1.54, 1.807) is 35.1 Å². The molecule has 0 saturated heterocycles. The van der Waals surface area contributed by atoms with Gasteiger partial charge in [0.25, 0.3) is 0 Å². The number of rotatable bonds is 1. The zero-order valence-electron chi connectivity index (χ0n) is 7.68. The minimum atomic E-state index is 0.411. The van der Waals surface area contributed by atoms with E-state index in [2.05, 4.69) is 11.2 Å². The fraction of sp³-hybridized carbons (Fsp3) is 0. The zero-order valence-corrected chi connectivity index (χ0v) is 8.44. The van der Waals surface area contributed by atoms with Gasteiger partial charge in [-0.15, -0.1) is 0 Å². The van der Waals surface area contributed by atoms with E-state index in [1.807, 2.05) is 0 Å². The molecule has 0 aliphatic rings. The van der Waals surface area contributed by atoms with Gasteiger partial charge < -0.3 is 5.73 Å². The summed E-state index contributed by atoms with van der Waals surface area (Å²) in [5, 5.41) is 13.5. The molecule has 0 amide bonds. The van der Waals surface area contributed by atoms with Crippen LogP contribution >= 0.6 is 11.6 Å². The third kappa shape index (κ3) is 1.78. The van der Waals surface area contributed by atoms with Crippen LogP contribution in [0.4, 0.5) is 5.82 Å². The van der Waals surface area contributed by atoms with Crippen molar-refractivity contribution >= 4 is 17.4 Å². The number of nitriles is 1. The van der Waals surface area contributed by atoms with Crippen LogP contribution in [0.3, 0.4) is 0 Å². The van der Waals surface area contributed by atoms with E-state index in [0.29, 0.717) is 22.1 Å². The highest BCUT2D eigenvalue weighted by atomic mass is 35.5. The number of benzene rings is 1. The van der Waals surface area contributed by atoms with E-state index < -0.39 is 0 Å². The van der Waals surface area contributed by atoms with E-state index in [1.165, 1.54) is 0 Å². The first-order valence-corrected chi connectivity index (χ1v) is 4.59. The smallest absolute Gasteiger partial charge is 0.145 e. The lowest BCUT2D eigenvalue weighted by Crippen LogP contribution is -1.99. The van der Waals surface area contributed by atoms with Gasteiger partial charge in [-0.25, -0.2) is 4.68 Å². The standard InChI is InChI=1S/C10H7ClN4/c11-8-1-2-9(7(5-8)6-12)15-4-3-10(13)14-15/h1-5H,(H2,13,14). The molecule has 0 saturated carbocycles. The highest BCUT2D eigenvalue weighted by Crippen LogP contribution is 2.18. The molecule has 0 spiro atoms. The Bertz CT molecular complexity index is 539. The van der Waals surface area contributed by atoms with Crippen LogP contribution in [0.2, 0.25) is 5.02 Å². The van der Waals surface area contributed by atoms with Crippen molar-refractivity contribution in [2.24, 2.45) is 0 Å². The second-order valence-corrected chi connectivity index (χ2v) is 3.39. The van der Waals surface area contributed by atoms with E-state index >= 15 is 0 Å². The lowest BCUT2D eigenvalue weighted by Gasteiger charge is -2.03. The van der Waals surface area contributed by atoms with Crippen LogP contribution in [-0.2, 0) is 0 Å². The molecule has 0 fully saturated rings. The third-order valence-corrected chi connectivity index (χ3v) is 2.17. The number of hydrogen-bond acceptors (Lipinski definition) is 3. The molecule has 0 aliphatic carbocycles. The molecular formula is C10H7ClN4. The van der Waals surface area contributed by atoms with Crippen molar-refractivity contribution in [3.63, 3.8) is 0 Å². The van der Waals surface area contributed by atoms with Crippen LogP contribution in [0.5, 0.6) is 0 Å². The summed E-state index contributed by atoms with van der Waals surface area (Å²) in [6.45, 7) is 0. The van der Waals surface area contributed by atoms with Crippen molar-refractivity contribution in [3.05, 3.63) is 41.0 Å². The molecule has 15 heavy (non-hydrogen) atoms. The van der Waals surface area contributed by atoms with Crippen LogP contribution < -0.4 is 5.73 Å². The molecule has 1 aromatic carbocycles. The maximum atomic E-state index is 8.93.